The van der Waals surface area contributed by atoms with E-state index in [0.717, 1.165) is 0 Å². The molecule has 1 aliphatic rings. The van der Waals surface area contributed by atoms with Crippen LogP contribution in [0.25, 0.3) is 0 Å². The molecule has 158 valence electrons. The zero-order valence-corrected chi connectivity index (χ0v) is 16.6. The van der Waals surface area contributed by atoms with Crippen LogP contribution in [0.15, 0.2) is 48.5 Å². The van der Waals surface area contributed by atoms with Gasteiger partial charge in [0, 0.05) is 0 Å². The first kappa shape index (κ1) is 21.0. The number of rotatable bonds is 7. The first-order valence-corrected chi connectivity index (χ1v) is 9.51. The molecule has 1 aliphatic heterocycles. The molecule has 0 saturated heterocycles. The Labute approximate surface area is 173 Å². The lowest BCUT2D eigenvalue weighted by atomic mass is 10.1. The molecular formula is C21H23N3O6. The summed E-state index contributed by atoms with van der Waals surface area (Å²) in [6, 6.07) is 13.8. The molecule has 2 aromatic rings. The number of hydrazine groups is 1. The summed E-state index contributed by atoms with van der Waals surface area (Å²) in [6.45, 7) is 3.99. The molecule has 0 radical (unpaired) electrons. The van der Waals surface area contributed by atoms with E-state index >= 15 is 0 Å². The molecule has 0 spiro atoms. The average molecular weight is 413 g/mol. The molecule has 0 saturated carbocycles. The van der Waals surface area contributed by atoms with Crippen LogP contribution in [-0.4, -0.2) is 36.5 Å². The van der Waals surface area contributed by atoms with Crippen molar-refractivity contribution >= 4 is 23.4 Å². The third kappa shape index (κ3) is 5.40. The van der Waals surface area contributed by atoms with Crippen LogP contribution in [-0.2, 0) is 14.4 Å². The summed E-state index contributed by atoms with van der Waals surface area (Å²) in [7, 11) is 0. The summed E-state index contributed by atoms with van der Waals surface area (Å²) in [4.78, 5) is 36.3. The van der Waals surface area contributed by atoms with E-state index in [9.17, 15) is 14.4 Å². The molecule has 0 aromatic heterocycles. The molecular weight excluding hydrogens is 390 g/mol. The number of benzene rings is 2. The van der Waals surface area contributed by atoms with E-state index in [1.807, 2.05) is 6.92 Å². The van der Waals surface area contributed by atoms with E-state index in [1.54, 1.807) is 55.5 Å². The van der Waals surface area contributed by atoms with E-state index in [4.69, 9.17) is 14.2 Å². The lowest BCUT2D eigenvalue weighted by Crippen LogP contribution is -2.49. The highest BCUT2D eigenvalue weighted by molar-refractivity contribution is 6.00. The maximum Gasteiger partial charge on any atom is 0.279 e. The first-order valence-electron chi connectivity index (χ1n) is 9.51. The van der Waals surface area contributed by atoms with Crippen molar-refractivity contribution in [2.45, 2.75) is 32.5 Å². The largest absolute Gasteiger partial charge is 0.494 e. The third-order valence-electron chi connectivity index (χ3n) is 4.22. The average Bonchev–Trinajstić information content (AvgIpc) is 2.74. The quantitative estimate of drug-likeness (QED) is 0.596. The molecule has 9 nitrogen and oxygen atoms in total. The number of hydrogen-bond donors (Lipinski definition) is 3. The monoisotopic (exact) mass is 413 g/mol. The maximum atomic E-state index is 12.2. The Balaban J connectivity index is 1.45. The second kappa shape index (κ2) is 9.64. The molecule has 0 fully saturated rings. The minimum Gasteiger partial charge on any atom is -0.494 e. The third-order valence-corrected chi connectivity index (χ3v) is 4.22. The first-order chi connectivity index (χ1) is 14.5. The van der Waals surface area contributed by atoms with Gasteiger partial charge in [-0.25, -0.2) is 0 Å². The summed E-state index contributed by atoms with van der Waals surface area (Å²) >= 11 is 0. The van der Waals surface area contributed by atoms with Crippen molar-refractivity contribution in [3.05, 3.63) is 48.5 Å². The van der Waals surface area contributed by atoms with Gasteiger partial charge in [0.2, 0.25) is 5.91 Å². The summed E-state index contributed by atoms with van der Waals surface area (Å²) in [5.74, 6) is 0.121. The van der Waals surface area contributed by atoms with Crippen LogP contribution in [0.3, 0.4) is 0 Å². The number of carbonyl (C=O) groups excluding carboxylic acids is 3. The Bertz CT molecular complexity index is 915. The van der Waals surface area contributed by atoms with E-state index < -0.39 is 29.9 Å². The standard InChI is InChI=1S/C21H23N3O6/c1-3-28-14-8-10-15(11-9-14)29-13(2)20(26)24-23-19(25)12-18-21(27)22-16-6-4-5-7-17(16)30-18/h4-11,13,18H,3,12H2,1-2H3,(H,22,27)(H,23,25)(H,24,26)/t13-,18-/m1/s1. The Hall–Kier alpha value is -3.75. The summed E-state index contributed by atoms with van der Waals surface area (Å²) < 4.78 is 16.4. The summed E-state index contributed by atoms with van der Waals surface area (Å²) in [5, 5.41) is 2.68. The fraction of sp³-hybridized carbons (Fsp3) is 0.286. The molecule has 9 heteroatoms. The van der Waals surface area contributed by atoms with Crippen molar-refractivity contribution in [2.24, 2.45) is 0 Å². The number of amides is 3. The van der Waals surface area contributed by atoms with Crippen LogP contribution >= 0.6 is 0 Å². The zero-order valence-electron chi connectivity index (χ0n) is 16.6. The van der Waals surface area contributed by atoms with Crippen LogP contribution < -0.4 is 30.4 Å². The number of fused-ring (bicyclic) bond motifs is 1. The highest BCUT2D eigenvalue weighted by atomic mass is 16.5. The highest BCUT2D eigenvalue weighted by Crippen LogP contribution is 2.29. The van der Waals surface area contributed by atoms with Gasteiger partial charge in [-0.3, -0.25) is 25.2 Å². The summed E-state index contributed by atoms with van der Waals surface area (Å²) in [5.41, 5.74) is 5.10. The molecule has 0 unspecified atom stereocenters. The summed E-state index contributed by atoms with van der Waals surface area (Å²) in [6.07, 6.45) is -2.10. The number of anilines is 1. The molecule has 3 N–H and O–H groups in total. The van der Waals surface area contributed by atoms with E-state index in [2.05, 4.69) is 16.2 Å². The number of hydrogen-bond acceptors (Lipinski definition) is 6. The zero-order chi connectivity index (χ0) is 21.5. The predicted molar refractivity (Wildman–Crippen MR) is 108 cm³/mol. The Kier molecular flexibility index (Phi) is 6.74. The Morgan fingerprint density at radius 1 is 1.10 bits per heavy atom. The van der Waals surface area contributed by atoms with Crippen molar-refractivity contribution < 1.29 is 28.6 Å². The molecule has 2 atom stereocenters. The van der Waals surface area contributed by atoms with Crippen molar-refractivity contribution in [1.29, 1.82) is 0 Å². The fourth-order valence-corrected chi connectivity index (χ4v) is 2.72. The molecule has 3 amide bonds. The highest BCUT2D eigenvalue weighted by Gasteiger charge is 2.29. The number of ether oxygens (including phenoxy) is 3. The van der Waals surface area contributed by atoms with Crippen LogP contribution in [0.5, 0.6) is 17.2 Å². The topological polar surface area (TPSA) is 115 Å². The normalized spacial score (nSPS) is 15.7. The van der Waals surface area contributed by atoms with Gasteiger partial charge in [-0.15, -0.1) is 0 Å². The van der Waals surface area contributed by atoms with Gasteiger partial charge in [0.1, 0.15) is 17.2 Å². The van der Waals surface area contributed by atoms with Crippen molar-refractivity contribution in [1.82, 2.24) is 10.9 Å². The predicted octanol–water partition coefficient (Wildman–Crippen LogP) is 1.79. The minimum absolute atomic E-state index is 0.255. The molecule has 30 heavy (non-hydrogen) atoms. The van der Waals surface area contributed by atoms with Crippen molar-refractivity contribution in [2.75, 3.05) is 11.9 Å². The van der Waals surface area contributed by atoms with E-state index in [1.165, 1.54) is 0 Å². The fourth-order valence-electron chi connectivity index (χ4n) is 2.72. The number of nitrogens with one attached hydrogen (secondary N) is 3. The number of para-hydroxylation sites is 2. The van der Waals surface area contributed by atoms with Gasteiger partial charge in [-0.1, -0.05) is 12.1 Å². The number of carbonyl (C=O) groups is 3. The van der Waals surface area contributed by atoms with E-state index in [0.29, 0.717) is 29.5 Å². The van der Waals surface area contributed by atoms with Gasteiger partial charge in [0.15, 0.2) is 12.2 Å². The molecule has 1 heterocycles. The van der Waals surface area contributed by atoms with Gasteiger partial charge in [0.05, 0.1) is 18.7 Å². The Morgan fingerprint density at radius 2 is 1.80 bits per heavy atom. The SMILES string of the molecule is CCOc1ccc(O[C@H](C)C(=O)NNC(=O)C[C@H]2Oc3ccccc3NC2=O)cc1. The van der Waals surface area contributed by atoms with Gasteiger partial charge < -0.3 is 19.5 Å². The van der Waals surface area contributed by atoms with Gasteiger partial charge in [-0.2, -0.15) is 0 Å². The minimum atomic E-state index is -0.991. The smallest absolute Gasteiger partial charge is 0.279 e. The second-order valence-corrected chi connectivity index (χ2v) is 6.50. The van der Waals surface area contributed by atoms with Crippen molar-refractivity contribution in [3.63, 3.8) is 0 Å². The Morgan fingerprint density at radius 3 is 2.53 bits per heavy atom. The van der Waals surface area contributed by atoms with Crippen LogP contribution in [0, 0.1) is 0 Å². The lowest BCUT2D eigenvalue weighted by molar-refractivity contribution is -0.135. The van der Waals surface area contributed by atoms with Gasteiger partial charge in [-0.05, 0) is 50.2 Å². The molecule has 3 rings (SSSR count). The maximum absolute atomic E-state index is 12.2. The van der Waals surface area contributed by atoms with Crippen molar-refractivity contribution in [3.8, 4) is 17.2 Å². The van der Waals surface area contributed by atoms with Gasteiger partial charge in [0.25, 0.3) is 11.8 Å². The lowest BCUT2D eigenvalue weighted by Gasteiger charge is -2.25. The molecule has 0 aliphatic carbocycles. The van der Waals surface area contributed by atoms with Crippen LogP contribution in [0.1, 0.15) is 20.3 Å². The molecule has 2 aromatic carbocycles. The van der Waals surface area contributed by atoms with E-state index in [-0.39, 0.29) is 6.42 Å². The van der Waals surface area contributed by atoms with Gasteiger partial charge >= 0.3 is 0 Å². The second-order valence-electron chi connectivity index (χ2n) is 6.50. The van der Waals surface area contributed by atoms with Crippen LogP contribution in [0.4, 0.5) is 5.69 Å². The van der Waals surface area contributed by atoms with Crippen LogP contribution in [0.2, 0.25) is 0 Å². The molecule has 0 bridgehead atoms.